The molecule has 0 aliphatic carbocycles. The van der Waals surface area contributed by atoms with E-state index in [1.807, 2.05) is 0 Å². The van der Waals surface area contributed by atoms with Crippen molar-refractivity contribution in [2.24, 2.45) is 0 Å². The van der Waals surface area contributed by atoms with E-state index in [1.54, 1.807) is 0 Å². The van der Waals surface area contributed by atoms with Crippen molar-refractivity contribution < 1.29 is 0 Å². The number of aromatic amines is 1. The van der Waals surface area contributed by atoms with E-state index in [9.17, 15) is 4.79 Å². The minimum atomic E-state index is -0.593. The fourth-order valence-electron chi connectivity index (χ4n) is 0.937. The summed E-state index contributed by atoms with van der Waals surface area (Å²) in [4.78, 5) is 23.2. The molecule has 0 bridgehead atoms. The smallest absolute Gasteiger partial charge is 0.348 e. The average Bonchev–Trinajstić information content (AvgIpc) is 2.32. The number of nitrogens with zero attached hydrogens (tertiary/aromatic N) is 3. The lowest BCUT2D eigenvalue weighted by Gasteiger charge is -1.99. The van der Waals surface area contributed by atoms with Crippen molar-refractivity contribution in [2.75, 3.05) is 34.4 Å². The van der Waals surface area contributed by atoms with Crippen molar-refractivity contribution in [3.63, 3.8) is 0 Å². The van der Waals surface area contributed by atoms with Crippen LogP contribution in [0.2, 0.25) is 0 Å². The molecule has 102 valence electrons. The van der Waals surface area contributed by atoms with E-state index in [4.69, 9.17) is 34.4 Å². The topological polar surface area (TPSA) is 228 Å². The fraction of sp³-hybridized carbons (Fsp3) is 0. The largest absolute Gasteiger partial charge is 0.394 e. The highest BCUT2D eigenvalue weighted by molar-refractivity contribution is 5.69. The van der Waals surface area contributed by atoms with Gasteiger partial charge in [-0.25, -0.2) is 9.78 Å². The lowest BCUT2D eigenvalue weighted by atomic mass is 10.4. The highest BCUT2D eigenvalue weighted by Crippen LogP contribution is 2.12. The molecule has 0 unspecified atom stereocenters. The van der Waals surface area contributed by atoms with Gasteiger partial charge in [0.15, 0.2) is 11.6 Å². The third-order valence-corrected chi connectivity index (χ3v) is 1.90. The molecule has 0 spiro atoms. The molecule has 0 aliphatic heterocycles. The zero-order valence-electron chi connectivity index (χ0n) is 9.79. The summed E-state index contributed by atoms with van der Waals surface area (Å²) in [5.74, 6) is 0.378. The van der Waals surface area contributed by atoms with Crippen LogP contribution in [0.25, 0.3) is 0 Å². The quantitative estimate of drug-likeness (QED) is 0.270. The standard InChI is InChI=1S/C4H7N5O.C4H7N5/c5-1-2(6)8-4(10)9-3(1)7;5-2-1-8-4(7)9-3(2)6/h5H2,(H5,6,7,8,9,10);1H,5H2,(H4,6,7,8,9). The van der Waals surface area contributed by atoms with Gasteiger partial charge in [0.2, 0.25) is 5.95 Å². The molecular formula is C8H14N10O. The minimum absolute atomic E-state index is 0.0405. The van der Waals surface area contributed by atoms with E-state index in [-0.39, 0.29) is 29.1 Å². The highest BCUT2D eigenvalue weighted by Gasteiger charge is 2.00. The number of hydrogen-bond donors (Lipinski definition) is 7. The Morgan fingerprint density at radius 3 is 2.05 bits per heavy atom. The molecule has 19 heavy (non-hydrogen) atoms. The Bertz CT molecular complexity index is 610. The van der Waals surface area contributed by atoms with Crippen LogP contribution in [0.3, 0.4) is 0 Å². The van der Waals surface area contributed by atoms with Crippen molar-refractivity contribution in [1.29, 1.82) is 0 Å². The average molecular weight is 266 g/mol. The number of aromatic nitrogens is 4. The van der Waals surface area contributed by atoms with Crippen LogP contribution < -0.4 is 40.1 Å². The molecule has 0 fully saturated rings. The molecule has 0 atom stereocenters. The Morgan fingerprint density at radius 1 is 0.947 bits per heavy atom. The van der Waals surface area contributed by atoms with Crippen LogP contribution in [0.1, 0.15) is 0 Å². The Labute approximate surface area is 107 Å². The van der Waals surface area contributed by atoms with Gasteiger partial charge in [0.25, 0.3) is 0 Å². The van der Waals surface area contributed by atoms with Gasteiger partial charge in [0, 0.05) is 0 Å². The summed E-state index contributed by atoms with van der Waals surface area (Å²) in [5, 5.41) is 0. The number of anilines is 6. The monoisotopic (exact) mass is 266 g/mol. The van der Waals surface area contributed by atoms with Gasteiger partial charge in [-0.2, -0.15) is 9.97 Å². The second kappa shape index (κ2) is 5.39. The molecule has 0 radical (unpaired) electrons. The van der Waals surface area contributed by atoms with Gasteiger partial charge in [0.1, 0.15) is 11.5 Å². The zero-order chi connectivity index (χ0) is 14.6. The molecule has 11 heteroatoms. The number of nitrogens with two attached hydrogens (primary N) is 6. The van der Waals surface area contributed by atoms with Crippen molar-refractivity contribution >= 4 is 34.8 Å². The normalized spacial score (nSPS) is 9.47. The summed E-state index contributed by atoms with van der Waals surface area (Å²) in [5.41, 5.74) is 31.3. The number of nitrogens with one attached hydrogen (secondary N) is 1. The number of hydrogen-bond acceptors (Lipinski definition) is 10. The van der Waals surface area contributed by atoms with Crippen molar-refractivity contribution in [1.82, 2.24) is 19.9 Å². The van der Waals surface area contributed by atoms with E-state index in [0.717, 1.165) is 0 Å². The van der Waals surface area contributed by atoms with Gasteiger partial charge in [0.05, 0.1) is 11.9 Å². The number of rotatable bonds is 0. The summed E-state index contributed by atoms with van der Waals surface area (Å²) < 4.78 is 0. The Balaban J connectivity index is 0.000000191. The Morgan fingerprint density at radius 2 is 1.58 bits per heavy atom. The number of nitrogen functional groups attached to an aromatic ring is 6. The van der Waals surface area contributed by atoms with Crippen molar-refractivity contribution in [2.45, 2.75) is 0 Å². The summed E-state index contributed by atoms with van der Waals surface area (Å²) in [7, 11) is 0. The molecule has 11 nitrogen and oxygen atoms in total. The van der Waals surface area contributed by atoms with Gasteiger partial charge >= 0.3 is 5.69 Å². The van der Waals surface area contributed by atoms with Crippen LogP contribution in [-0.2, 0) is 0 Å². The summed E-state index contributed by atoms with van der Waals surface area (Å²) in [6, 6.07) is 0. The SMILES string of the molecule is Nc1nc(=O)[nH]c(N)c1N.Nc1ncc(N)c(N)n1. The Kier molecular flexibility index (Phi) is 3.93. The summed E-state index contributed by atoms with van der Waals surface area (Å²) >= 11 is 0. The van der Waals surface area contributed by atoms with Crippen molar-refractivity contribution in [3.05, 3.63) is 16.7 Å². The molecule has 2 aromatic rings. The highest BCUT2D eigenvalue weighted by atomic mass is 16.1. The second-order valence-electron chi connectivity index (χ2n) is 3.32. The molecule has 0 aromatic carbocycles. The summed E-state index contributed by atoms with van der Waals surface area (Å²) in [6.07, 6.45) is 1.37. The Hall–Kier alpha value is -3.24. The maximum Gasteiger partial charge on any atom is 0.348 e. The third kappa shape index (κ3) is 3.62. The first-order valence-corrected chi connectivity index (χ1v) is 4.85. The van der Waals surface area contributed by atoms with Crippen LogP contribution in [0, 0.1) is 0 Å². The first-order chi connectivity index (χ1) is 8.81. The molecule has 2 aromatic heterocycles. The van der Waals surface area contributed by atoms with Gasteiger partial charge in [-0.3, -0.25) is 4.98 Å². The van der Waals surface area contributed by atoms with Crippen LogP contribution >= 0.6 is 0 Å². The van der Waals surface area contributed by atoms with E-state index in [0.29, 0.717) is 5.69 Å². The molecule has 2 heterocycles. The predicted molar refractivity (Wildman–Crippen MR) is 73.4 cm³/mol. The van der Waals surface area contributed by atoms with Crippen LogP contribution in [0.4, 0.5) is 34.8 Å². The predicted octanol–water partition coefficient (Wildman–Crippen LogP) is -2.26. The van der Waals surface area contributed by atoms with Crippen LogP contribution in [-0.4, -0.2) is 19.9 Å². The summed E-state index contributed by atoms with van der Waals surface area (Å²) in [6.45, 7) is 0. The van der Waals surface area contributed by atoms with E-state index in [2.05, 4.69) is 19.9 Å². The maximum absolute atomic E-state index is 10.5. The first-order valence-electron chi connectivity index (χ1n) is 4.85. The van der Waals surface area contributed by atoms with E-state index >= 15 is 0 Å². The van der Waals surface area contributed by atoms with Crippen molar-refractivity contribution in [3.8, 4) is 0 Å². The first kappa shape index (κ1) is 13.8. The van der Waals surface area contributed by atoms with Gasteiger partial charge in [-0.05, 0) is 0 Å². The fourth-order valence-corrected chi connectivity index (χ4v) is 0.937. The molecule has 2 rings (SSSR count). The lowest BCUT2D eigenvalue weighted by Crippen LogP contribution is -2.17. The van der Waals surface area contributed by atoms with Gasteiger partial charge in [-0.15, -0.1) is 0 Å². The zero-order valence-corrected chi connectivity index (χ0v) is 9.79. The molecule has 0 aliphatic rings. The third-order valence-electron chi connectivity index (χ3n) is 1.90. The molecule has 0 saturated carbocycles. The molecule has 13 N–H and O–H groups in total. The molecular weight excluding hydrogens is 252 g/mol. The molecule has 0 amide bonds. The van der Waals surface area contributed by atoms with E-state index < -0.39 is 5.69 Å². The van der Waals surface area contributed by atoms with Crippen LogP contribution in [0.15, 0.2) is 11.0 Å². The van der Waals surface area contributed by atoms with Crippen LogP contribution in [0.5, 0.6) is 0 Å². The van der Waals surface area contributed by atoms with E-state index in [1.165, 1.54) is 6.20 Å². The van der Waals surface area contributed by atoms with Gasteiger partial charge < -0.3 is 34.4 Å². The van der Waals surface area contributed by atoms with Gasteiger partial charge in [-0.1, -0.05) is 0 Å². The lowest BCUT2D eigenvalue weighted by molar-refractivity contribution is 1.10. The molecule has 0 saturated heterocycles. The maximum atomic E-state index is 10.5. The second-order valence-corrected chi connectivity index (χ2v) is 3.32. The number of H-pyrrole nitrogens is 1. The minimum Gasteiger partial charge on any atom is -0.394 e.